The molecule has 2 aromatic heterocycles. The van der Waals surface area contributed by atoms with Crippen molar-refractivity contribution in [1.29, 1.82) is 0 Å². The molecule has 2 aliphatic heterocycles. The quantitative estimate of drug-likeness (QED) is 0.877. The second kappa shape index (κ2) is 7.36. The van der Waals surface area contributed by atoms with E-state index in [9.17, 15) is 4.79 Å². The predicted molar refractivity (Wildman–Crippen MR) is 108 cm³/mol. The third-order valence-electron chi connectivity index (χ3n) is 6.27. The Morgan fingerprint density at radius 3 is 2.78 bits per heavy atom. The molecule has 1 atom stereocenters. The molecule has 0 aromatic carbocycles. The van der Waals surface area contributed by atoms with Crippen LogP contribution in [0.2, 0.25) is 0 Å². The Bertz CT molecular complexity index is 812. The zero-order valence-corrected chi connectivity index (χ0v) is 16.5. The van der Waals surface area contributed by atoms with Crippen molar-refractivity contribution in [3.8, 4) is 0 Å². The molecule has 3 aliphatic rings. The molecule has 27 heavy (non-hydrogen) atoms. The summed E-state index contributed by atoms with van der Waals surface area (Å²) in [5, 5.41) is 6.47. The summed E-state index contributed by atoms with van der Waals surface area (Å²) in [6.45, 7) is 4.13. The number of thiophene rings is 1. The molecular weight excluding hydrogens is 358 g/mol. The Hall–Kier alpha value is -1.73. The van der Waals surface area contributed by atoms with Gasteiger partial charge in [0.05, 0.1) is 11.3 Å². The van der Waals surface area contributed by atoms with Crippen molar-refractivity contribution in [3.05, 3.63) is 17.8 Å². The number of rotatable bonds is 4. The molecule has 144 valence electrons. The van der Waals surface area contributed by atoms with Crippen LogP contribution >= 0.6 is 11.3 Å². The number of nitrogens with one attached hydrogen (secondary N) is 1. The molecule has 1 amide bonds. The van der Waals surface area contributed by atoms with Crippen molar-refractivity contribution in [2.45, 2.75) is 50.6 Å². The first-order valence-corrected chi connectivity index (χ1v) is 11.1. The van der Waals surface area contributed by atoms with Crippen LogP contribution in [0.3, 0.4) is 0 Å². The number of carbonyl (C=O) groups is 1. The lowest BCUT2D eigenvalue weighted by Crippen LogP contribution is -2.51. The van der Waals surface area contributed by atoms with Crippen LogP contribution in [0.25, 0.3) is 10.2 Å². The fourth-order valence-corrected chi connectivity index (χ4v) is 5.30. The maximum atomic E-state index is 12.5. The number of nitrogens with zero attached hydrogens (tertiary/aromatic N) is 4. The van der Waals surface area contributed by atoms with E-state index in [0.29, 0.717) is 18.0 Å². The molecule has 6 nitrogen and oxygen atoms in total. The molecule has 0 radical (unpaired) electrons. The second-order valence-corrected chi connectivity index (χ2v) is 9.07. The van der Waals surface area contributed by atoms with E-state index in [0.717, 1.165) is 62.5 Å². The maximum Gasteiger partial charge on any atom is 0.224 e. The van der Waals surface area contributed by atoms with Gasteiger partial charge in [-0.1, -0.05) is 0 Å². The molecule has 4 heterocycles. The Labute approximate surface area is 164 Å². The minimum Gasteiger partial charge on any atom is -0.356 e. The van der Waals surface area contributed by atoms with E-state index in [1.807, 2.05) is 0 Å². The molecule has 0 unspecified atom stereocenters. The molecule has 3 fully saturated rings. The molecule has 0 bridgehead atoms. The van der Waals surface area contributed by atoms with Crippen molar-refractivity contribution in [2.24, 2.45) is 5.92 Å². The van der Waals surface area contributed by atoms with E-state index >= 15 is 0 Å². The van der Waals surface area contributed by atoms with Crippen molar-refractivity contribution in [2.75, 3.05) is 31.1 Å². The summed E-state index contributed by atoms with van der Waals surface area (Å²) in [5.41, 5.74) is 0. The van der Waals surface area contributed by atoms with Gasteiger partial charge in [0.15, 0.2) is 0 Å². The van der Waals surface area contributed by atoms with Gasteiger partial charge in [0.2, 0.25) is 5.91 Å². The van der Waals surface area contributed by atoms with Gasteiger partial charge >= 0.3 is 0 Å². The normalized spacial score (nSPS) is 25.0. The minimum atomic E-state index is 0.185. The van der Waals surface area contributed by atoms with E-state index in [1.54, 1.807) is 17.7 Å². The van der Waals surface area contributed by atoms with Gasteiger partial charge in [-0.25, -0.2) is 9.97 Å². The van der Waals surface area contributed by atoms with Gasteiger partial charge in [-0.05, 0) is 56.5 Å². The number of fused-ring (bicyclic) bond motifs is 1. The molecule has 2 aromatic rings. The summed E-state index contributed by atoms with van der Waals surface area (Å²) in [5.74, 6) is 1.56. The Kier molecular flexibility index (Phi) is 4.73. The van der Waals surface area contributed by atoms with Crippen LogP contribution in [0.4, 0.5) is 5.82 Å². The molecule has 0 spiro atoms. The number of amides is 1. The fraction of sp³-hybridized carbons (Fsp3) is 0.650. The van der Waals surface area contributed by atoms with E-state index in [1.165, 1.54) is 18.2 Å². The molecule has 1 N–H and O–H groups in total. The van der Waals surface area contributed by atoms with E-state index < -0.39 is 0 Å². The number of carbonyl (C=O) groups excluding carboxylic acids is 1. The van der Waals surface area contributed by atoms with E-state index in [2.05, 4.69) is 36.5 Å². The number of hydrogen-bond acceptors (Lipinski definition) is 6. The Balaban J connectivity index is 1.20. The molecule has 1 aliphatic carbocycles. The number of hydrogen-bond donors (Lipinski definition) is 1. The smallest absolute Gasteiger partial charge is 0.224 e. The van der Waals surface area contributed by atoms with Crippen LogP contribution in [0.1, 0.15) is 38.5 Å². The van der Waals surface area contributed by atoms with Gasteiger partial charge in [0.1, 0.15) is 17.0 Å². The topological polar surface area (TPSA) is 61.4 Å². The second-order valence-electron chi connectivity index (χ2n) is 8.17. The summed E-state index contributed by atoms with van der Waals surface area (Å²) >= 11 is 1.68. The third kappa shape index (κ3) is 3.67. The number of anilines is 1. The lowest BCUT2D eigenvalue weighted by molar-refractivity contribution is -0.127. The van der Waals surface area contributed by atoms with Gasteiger partial charge in [-0.2, -0.15) is 0 Å². The molecule has 1 saturated carbocycles. The molecule has 7 heteroatoms. The average molecular weight is 386 g/mol. The summed E-state index contributed by atoms with van der Waals surface area (Å²) in [7, 11) is 0. The van der Waals surface area contributed by atoms with Gasteiger partial charge in [-0.15, -0.1) is 11.3 Å². The highest BCUT2D eigenvalue weighted by atomic mass is 32.1. The van der Waals surface area contributed by atoms with Crippen molar-refractivity contribution in [3.63, 3.8) is 0 Å². The molecular formula is C20H27N5OS. The number of aromatic nitrogens is 2. The number of likely N-dealkylation sites (tertiary alicyclic amines) is 1. The lowest BCUT2D eigenvalue weighted by atomic mass is 9.93. The largest absolute Gasteiger partial charge is 0.356 e. The first-order valence-electron chi connectivity index (χ1n) is 10.3. The first kappa shape index (κ1) is 17.4. The van der Waals surface area contributed by atoms with E-state index in [4.69, 9.17) is 0 Å². The van der Waals surface area contributed by atoms with Crippen LogP contribution in [0.15, 0.2) is 17.8 Å². The van der Waals surface area contributed by atoms with Gasteiger partial charge in [-0.3, -0.25) is 9.69 Å². The highest BCUT2D eigenvalue weighted by molar-refractivity contribution is 7.16. The zero-order chi connectivity index (χ0) is 18.2. The van der Waals surface area contributed by atoms with Gasteiger partial charge < -0.3 is 10.2 Å². The highest BCUT2D eigenvalue weighted by Gasteiger charge is 2.34. The SMILES string of the molecule is O=C(NC1CC1)[C@@H]1CCCN(C2CCN(c3ncnc4sccc34)CC2)C1. The van der Waals surface area contributed by atoms with Crippen LogP contribution in [-0.2, 0) is 4.79 Å². The van der Waals surface area contributed by atoms with Crippen LogP contribution in [0.5, 0.6) is 0 Å². The standard InChI is InChI=1S/C20H27N5OS/c26-19(23-15-3-4-15)14-2-1-8-25(12-14)16-5-9-24(10-6-16)18-17-7-11-27-20(17)22-13-21-18/h7,11,13-16H,1-6,8-10,12H2,(H,23,26)/t14-/m1/s1. The first-order chi connectivity index (χ1) is 13.3. The van der Waals surface area contributed by atoms with Crippen molar-refractivity contribution < 1.29 is 4.79 Å². The van der Waals surface area contributed by atoms with Crippen LogP contribution in [-0.4, -0.2) is 59.0 Å². The summed E-state index contributed by atoms with van der Waals surface area (Å²) in [6.07, 6.45) is 8.50. The molecule has 2 saturated heterocycles. The monoisotopic (exact) mass is 385 g/mol. The summed E-state index contributed by atoms with van der Waals surface area (Å²) in [6, 6.07) is 3.20. The minimum absolute atomic E-state index is 0.185. The van der Waals surface area contributed by atoms with Gasteiger partial charge in [0.25, 0.3) is 0 Å². The van der Waals surface area contributed by atoms with Crippen LogP contribution < -0.4 is 10.2 Å². The summed E-state index contributed by atoms with van der Waals surface area (Å²) in [4.78, 5) is 27.5. The third-order valence-corrected chi connectivity index (χ3v) is 7.09. The predicted octanol–water partition coefficient (Wildman–Crippen LogP) is 2.65. The highest BCUT2D eigenvalue weighted by Crippen LogP contribution is 2.31. The van der Waals surface area contributed by atoms with E-state index in [-0.39, 0.29) is 5.92 Å². The average Bonchev–Trinajstić information content (AvgIpc) is 3.40. The van der Waals surface area contributed by atoms with Crippen molar-refractivity contribution >= 4 is 33.3 Å². The van der Waals surface area contributed by atoms with Gasteiger partial charge in [0, 0.05) is 31.7 Å². The Morgan fingerprint density at radius 1 is 1.11 bits per heavy atom. The Morgan fingerprint density at radius 2 is 1.96 bits per heavy atom. The lowest BCUT2D eigenvalue weighted by Gasteiger charge is -2.42. The zero-order valence-electron chi connectivity index (χ0n) is 15.6. The molecule has 5 rings (SSSR count). The maximum absolute atomic E-state index is 12.5. The summed E-state index contributed by atoms with van der Waals surface area (Å²) < 4.78 is 0. The fourth-order valence-electron chi connectivity index (χ4n) is 4.57. The van der Waals surface area contributed by atoms with Crippen LogP contribution in [0, 0.1) is 5.92 Å². The number of piperidine rings is 2. The van der Waals surface area contributed by atoms with Crippen molar-refractivity contribution in [1.82, 2.24) is 20.2 Å².